The molecule has 6 heteroatoms. The summed E-state index contributed by atoms with van der Waals surface area (Å²) in [4.78, 5) is 28.6. The number of hydrogen-bond donors (Lipinski definition) is 3. The molecule has 0 bridgehead atoms. The van der Waals surface area contributed by atoms with E-state index in [1.165, 1.54) is 0 Å². The molecule has 3 aromatic rings. The maximum absolute atomic E-state index is 12.5. The number of carboxylic acid groups (broad SMARTS) is 1. The lowest BCUT2D eigenvalue weighted by Gasteiger charge is -2.22. The summed E-state index contributed by atoms with van der Waals surface area (Å²) in [6.45, 7) is 2.47. The molecule has 2 atom stereocenters. The third-order valence-corrected chi connectivity index (χ3v) is 5.81. The van der Waals surface area contributed by atoms with Crippen molar-refractivity contribution in [3.8, 4) is 0 Å². The number of aromatic amines is 1. The smallest absolute Gasteiger partial charge is 0.335 e. The molecule has 2 heterocycles. The van der Waals surface area contributed by atoms with Gasteiger partial charge in [-0.25, -0.2) is 4.79 Å². The number of benzene rings is 2. The van der Waals surface area contributed by atoms with E-state index in [0.717, 1.165) is 34.0 Å². The van der Waals surface area contributed by atoms with Crippen molar-refractivity contribution in [2.75, 3.05) is 0 Å². The summed E-state index contributed by atoms with van der Waals surface area (Å²) < 4.78 is 0. The molecule has 1 aliphatic rings. The maximum Gasteiger partial charge on any atom is 0.335 e. The Morgan fingerprint density at radius 2 is 2.13 bits per heavy atom. The number of nitrogens with zero attached hydrogens (tertiary/aromatic N) is 1. The first-order valence-corrected chi connectivity index (χ1v) is 10.5. The topological polar surface area (TPSA) is 93.6 Å². The van der Waals surface area contributed by atoms with Gasteiger partial charge in [0, 0.05) is 36.5 Å². The van der Waals surface area contributed by atoms with Crippen molar-refractivity contribution in [2.45, 2.75) is 44.9 Å². The van der Waals surface area contributed by atoms with Crippen LogP contribution in [-0.2, 0) is 17.8 Å². The molecule has 2 aromatic carbocycles. The number of nitrogens with one attached hydrogen (secondary N) is 1. The number of hydrogen-bond acceptors (Lipinski definition) is 3. The van der Waals surface area contributed by atoms with E-state index in [9.17, 15) is 14.7 Å². The van der Waals surface area contributed by atoms with Crippen molar-refractivity contribution < 1.29 is 19.8 Å². The number of carbonyl (C=O) groups excluding carboxylic acids is 1. The SMILES string of the molecule is Cc1cccc(C[C@H](O)C=C[C@H]2CCC(=O)N2Cc2c[nH]c3cc(C(=O)O)ccc23)c1. The minimum Gasteiger partial charge on any atom is -0.478 e. The summed E-state index contributed by atoms with van der Waals surface area (Å²) in [5.41, 5.74) is 4.15. The molecule has 1 fully saturated rings. The average molecular weight is 418 g/mol. The van der Waals surface area contributed by atoms with Gasteiger partial charge in [0.1, 0.15) is 0 Å². The first-order valence-electron chi connectivity index (χ1n) is 10.5. The Bertz CT molecular complexity index is 1150. The van der Waals surface area contributed by atoms with Gasteiger partial charge < -0.3 is 20.1 Å². The van der Waals surface area contributed by atoms with E-state index in [1.54, 1.807) is 24.3 Å². The van der Waals surface area contributed by atoms with Crippen LogP contribution in [0.5, 0.6) is 0 Å². The number of carboxylic acids is 1. The number of aromatic carboxylic acids is 1. The number of aliphatic hydroxyl groups is 1. The van der Waals surface area contributed by atoms with Gasteiger partial charge in [0.25, 0.3) is 0 Å². The van der Waals surface area contributed by atoms with Gasteiger partial charge in [-0.1, -0.05) is 48.0 Å². The molecule has 6 nitrogen and oxygen atoms in total. The summed E-state index contributed by atoms with van der Waals surface area (Å²) in [6.07, 6.45) is 6.67. The van der Waals surface area contributed by atoms with Crippen molar-refractivity contribution >= 4 is 22.8 Å². The zero-order valence-corrected chi connectivity index (χ0v) is 17.4. The molecule has 0 unspecified atom stereocenters. The van der Waals surface area contributed by atoms with E-state index in [-0.39, 0.29) is 17.5 Å². The van der Waals surface area contributed by atoms with Gasteiger partial charge >= 0.3 is 5.97 Å². The van der Waals surface area contributed by atoms with Crippen molar-refractivity contribution in [2.24, 2.45) is 0 Å². The third-order valence-electron chi connectivity index (χ3n) is 5.81. The van der Waals surface area contributed by atoms with Crippen LogP contribution in [0, 0.1) is 6.92 Å². The Hall–Kier alpha value is -3.38. The molecule has 160 valence electrons. The first kappa shape index (κ1) is 20.9. The fourth-order valence-electron chi connectivity index (χ4n) is 4.20. The zero-order chi connectivity index (χ0) is 22.0. The molecule has 0 saturated carbocycles. The number of amides is 1. The van der Waals surface area contributed by atoms with Gasteiger partial charge in [0.15, 0.2) is 0 Å². The lowest BCUT2D eigenvalue weighted by molar-refractivity contribution is -0.129. The van der Waals surface area contributed by atoms with E-state index >= 15 is 0 Å². The quantitative estimate of drug-likeness (QED) is 0.509. The maximum atomic E-state index is 12.5. The highest BCUT2D eigenvalue weighted by Crippen LogP contribution is 2.27. The monoisotopic (exact) mass is 418 g/mol. The minimum atomic E-state index is -0.970. The van der Waals surface area contributed by atoms with E-state index in [1.807, 2.05) is 42.3 Å². The molecule has 1 amide bonds. The van der Waals surface area contributed by atoms with E-state index < -0.39 is 12.1 Å². The molecular weight excluding hydrogens is 392 g/mol. The van der Waals surface area contributed by atoms with Crippen molar-refractivity contribution in [1.82, 2.24) is 9.88 Å². The standard InChI is InChI=1S/C25H26N2O4/c1-16-3-2-4-17(11-16)12-21(28)8-6-20-7-10-24(29)27(20)15-19-14-26-23-13-18(25(30)31)5-9-22(19)23/h2-6,8-9,11,13-14,20-21,26,28H,7,10,12,15H2,1H3,(H,30,31)/t20-,21+/m0/s1. The Balaban J connectivity index is 1.46. The van der Waals surface area contributed by atoms with Crippen molar-refractivity contribution in [3.05, 3.63) is 83.1 Å². The van der Waals surface area contributed by atoms with Gasteiger partial charge in [-0.05, 0) is 36.6 Å². The number of aryl methyl sites for hydroxylation is 1. The molecular formula is C25H26N2O4. The van der Waals surface area contributed by atoms with Crippen LogP contribution in [0.4, 0.5) is 0 Å². The van der Waals surface area contributed by atoms with Crippen LogP contribution in [0.15, 0.2) is 60.8 Å². The fraction of sp³-hybridized carbons (Fsp3) is 0.280. The Morgan fingerprint density at radius 1 is 1.29 bits per heavy atom. The number of H-pyrrole nitrogens is 1. The minimum absolute atomic E-state index is 0.0668. The average Bonchev–Trinajstić information content (AvgIpc) is 3.30. The summed E-state index contributed by atoms with van der Waals surface area (Å²) in [5, 5.41) is 20.5. The van der Waals surface area contributed by atoms with Crippen LogP contribution in [0.1, 0.15) is 39.9 Å². The molecule has 0 radical (unpaired) electrons. The molecule has 4 rings (SSSR count). The molecule has 1 aliphatic heterocycles. The number of likely N-dealkylation sites (tertiary alicyclic amines) is 1. The second-order valence-corrected chi connectivity index (χ2v) is 8.15. The zero-order valence-electron chi connectivity index (χ0n) is 17.4. The second kappa shape index (κ2) is 8.78. The Morgan fingerprint density at radius 3 is 2.90 bits per heavy atom. The lowest BCUT2D eigenvalue weighted by Crippen LogP contribution is -2.31. The first-order chi connectivity index (χ1) is 14.9. The van der Waals surface area contributed by atoms with Crippen LogP contribution in [0.3, 0.4) is 0 Å². The summed E-state index contributed by atoms with van der Waals surface area (Å²) in [7, 11) is 0. The number of fused-ring (bicyclic) bond motifs is 1. The number of aromatic nitrogens is 1. The Labute approximate surface area is 180 Å². The summed E-state index contributed by atoms with van der Waals surface area (Å²) in [6, 6.07) is 13.0. The van der Waals surface area contributed by atoms with Gasteiger partial charge in [-0.2, -0.15) is 0 Å². The normalized spacial score (nSPS) is 17.7. The largest absolute Gasteiger partial charge is 0.478 e. The highest BCUT2D eigenvalue weighted by Gasteiger charge is 2.29. The molecule has 3 N–H and O–H groups in total. The van der Waals surface area contributed by atoms with Gasteiger partial charge in [-0.15, -0.1) is 0 Å². The van der Waals surface area contributed by atoms with Crippen LogP contribution in [0.2, 0.25) is 0 Å². The summed E-state index contributed by atoms with van der Waals surface area (Å²) in [5.74, 6) is -0.887. The number of rotatable bonds is 7. The highest BCUT2D eigenvalue weighted by molar-refractivity contribution is 5.94. The Kier molecular flexibility index (Phi) is 5.91. The van der Waals surface area contributed by atoms with E-state index in [2.05, 4.69) is 11.1 Å². The predicted octanol–water partition coefficient (Wildman–Crippen LogP) is 3.83. The fourth-order valence-corrected chi connectivity index (χ4v) is 4.20. The van der Waals surface area contributed by atoms with Crippen LogP contribution >= 0.6 is 0 Å². The van der Waals surface area contributed by atoms with Crippen LogP contribution in [-0.4, -0.2) is 44.1 Å². The van der Waals surface area contributed by atoms with Gasteiger partial charge in [-0.3, -0.25) is 4.79 Å². The molecule has 0 spiro atoms. The van der Waals surface area contributed by atoms with Crippen LogP contribution < -0.4 is 0 Å². The third kappa shape index (κ3) is 4.70. The van der Waals surface area contributed by atoms with E-state index in [0.29, 0.717) is 19.4 Å². The van der Waals surface area contributed by atoms with Gasteiger partial charge in [0.2, 0.25) is 5.91 Å². The molecule has 1 saturated heterocycles. The second-order valence-electron chi connectivity index (χ2n) is 8.15. The lowest BCUT2D eigenvalue weighted by atomic mass is 10.0. The molecule has 1 aromatic heterocycles. The molecule has 31 heavy (non-hydrogen) atoms. The van der Waals surface area contributed by atoms with Gasteiger partial charge in [0.05, 0.1) is 17.7 Å². The number of aliphatic hydroxyl groups excluding tert-OH is 1. The number of carbonyl (C=O) groups is 2. The van der Waals surface area contributed by atoms with E-state index in [4.69, 9.17) is 5.11 Å². The predicted molar refractivity (Wildman–Crippen MR) is 119 cm³/mol. The van der Waals surface area contributed by atoms with Crippen molar-refractivity contribution in [1.29, 1.82) is 0 Å². The van der Waals surface area contributed by atoms with Crippen molar-refractivity contribution in [3.63, 3.8) is 0 Å². The summed E-state index contributed by atoms with van der Waals surface area (Å²) >= 11 is 0. The molecule has 0 aliphatic carbocycles. The van der Waals surface area contributed by atoms with Crippen LogP contribution in [0.25, 0.3) is 10.9 Å². The highest BCUT2D eigenvalue weighted by atomic mass is 16.4.